The van der Waals surface area contributed by atoms with Gasteiger partial charge < -0.3 is 19.1 Å². The average Bonchev–Trinajstić information content (AvgIpc) is 3.12. The van der Waals surface area contributed by atoms with E-state index in [2.05, 4.69) is 20.8 Å². The van der Waals surface area contributed by atoms with Crippen LogP contribution in [0, 0.1) is 10.8 Å². The van der Waals surface area contributed by atoms with Gasteiger partial charge in [0, 0.05) is 12.6 Å². The Morgan fingerprint density at radius 2 is 1.96 bits per heavy atom. The van der Waals surface area contributed by atoms with Gasteiger partial charge in [-0.3, -0.25) is 4.79 Å². The first-order valence-electron chi connectivity index (χ1n) is 9.11. The number of rotatable bonds is 3. The Hall–Kier alpha value is -2.24. The van der Waals surface area contributed by atoms with Gasteiger partial charge in [0.2, 0.25) is 6.79 Å². The van der Waals surface area contributed by atoms with E-state index in [9.17, 15) is 9.59 Å². The number of esters is 1. The molecule has 6 nitrogen and oxygen atoms in total. The third-order valence-electron chi connectivity index (χ3n) is 5.67. The number of amides is 1. The molecule has 1 aliphatic carbocycles. The second-order valence-corrected chi connectivity index (χ2v) is 8.88. The van der Waals surface area contributed by atoms with E-state index in [0.717, 1.165) is 25.8 Å². The van der Waals surface area contributed by atoms with Crippen LogP contribution in [-0.4, -0.2) is 42.8 Å². The number of benzene rings is 1. The fourth-order valence-electron chi connectivity index (χ4n) is 5.07. The van der Waals surface area contributed by atoms with Crippen LogP contribution in [0.3, 0.4) is 0 Å². The number of ether oxygens (including phenoxy) is 3. The number of carbonyl (C=O) groups excluding carboxylic acids is 2. The molecule has 4 rings (SSSR count). The molecule has 2 heterocycles. The zero-order valence-electron chi connectivity index (χ0n) is 15.5. The first-order valence-corrected chi connectivity index (χ1v) is 9.11. The van der Waals surface area contributed by atoms with E-state index in [1.165, 1.54) is 0 Å². The zero-order valence-corrected chi connectivity index (χ0v) is 15.5. The predicted octanol–water partition coefficient (Wildman–Crippen LogP) is 3.00. The van der Waals surface area contributed by atoms with Gasteiger partial charge in [0.15, 0.2) is 18.1 Å². The summed E-state index contributed by atoms with van der Waals surface area (Å²) in [4.78, 5) is 26.9. The van der Waals surface area contributed by atoms with Gasteiger partial charge in [-0.15, -0.1) is 0 Å². The van der Waals surface area contributed by atoms with Gasteiger partial charge in [-0.25, -0.2) is 4.79 Å². The van der Waals surface area contributed by atoms with E-state index in [4.69, 9.17) is 14.2 Å². The Morgan fingerprint density at radius 1 is 1.19 bits per heavy atom. The van der Waals surface area contributed by atoms with Crippen molar-refractivity contribution in [3.63, 3.8) is 0 Å². The molecule has 2 aliphatic heterocycles. The molecule has 0 radical (unpaired) electrons. The molecule has 2 fully saturated rings. The lowest BCUT2D eigenvalue weighted by Crippen LogP contribution is -2.39. The molecule has 1 saturated heterocycles. The first-order chi connectivity index (χ1) is 12.2. The molecule has 2 bridgehead atoms. The molecular formula is C20H25NO5. The molecule has 3 aliphatic rings. The van der Waals surface area contributed by atoms with Gasteiger partial charge in [0.1, 0.15) is 0 Å². The lowest BCUT2D eigenvalue weighted by Gasteiger charge is -2.39. The van der Waals surface area contributed by atoms with Crippen molar-refractivity contribution in [2.24, 2.45) is 10.8 Å². The van der Waals surface area contributed by atoms with Crippen LogP contribution >= 0.6 is 0 Å². The van der Waals surface area contributed by atoms with E-state index in [1.807, 2.05) is 4.90 Å². The number of nitrogens with zero attached hydrogens (tertiary/aromatic N) is 1. The average molecular weight is 359 g/mol. The van der Waals surface area contributed by atoms with Gasteiger partial charge in [-0.1, -0.05) is 20.8 Å². The summed E-state index contributed by atoms with van der Waals surface area (Å²) in [7, 11) is 0. The van der Waals surface area contributed by atoms with E-state index < -0.39 is 5.97 Å². The van der Waals surface area contributed by atoms with Crippen molar-refractivity contribution in [3.8, 4) is 11.5 Å². The van der Waals surface area contributed by atoms with Crippen LogP contribution in [0.1, 0.15) is 50.4 Å². The van der Waals surface area contributed by atoms with Crippen LogP contribution in [0.5, 0.6) is 11.5 Å². The third-order valence-corrected chi connectivity index (χ3v) is 5.67. The van der Waals surface area contributed by atoms with Crippen molar-refractivity contribution >= 4 is 11.9 Å². The van der Waals surface area contributed by atoms with Crippen molar-refractivity contribution in [3.05, 3.63) is 23.8 Å². The number of carbonyl (C=O) groups is 2. The third kappa shape index (κ3) is 3.13. The van der Waals surface area contributed by atoms with Crippen molar-refractivity contribution in [1.82, 2.24) is 4.90 Å². The summed E-state index contributed by atoms with van der Waals surface area (Å²) in [6.07, 6.45) is 3.17. The summed E-state index contributed by atoms with van der Waals surface area (Å²) in [5.41, 5.74) is 0.773. The smallest absolute Gasteiger partial charge is 0.338 e. The van der Waals surface area contributed by atoms with Crippen molar-refractivity contribution in [2.45, 2.75) is 46.1 Å². The van der Waals surface area contributed by atoms with Gasteiger partial charge in [0.25, 0.3) is 5.91 Å². The standard InChI is InChI=1S/C20H25NO5/c1-19(2)7-14-8-20(3,10-19)11-21(14)17(22)9-24-18(23)13-4-5-15-16(6-13)26-12-25-15/h4-6,14H,7-12H2,1-3H3/t14-,20-/m0/s1. The Labute approximate surface area is 153 Å². The maximum absolute atomic E-state index is 12.7. The molecule has 1 aromatic rings. The SMILES string of the molecule is CC1(C)C[C@H]2C[C@](C)(CN2C(=O)COC(=O)c2ccc3c(c2)OCO3)C1. The molecule has 6 heteroatoms. The summed E-state index contributed by atoms with van der Waals surface area (Å²) < 4.78 is 15.8. The highest BCUT2D eigenvalue weighted by molar-refractivity contribution is 5.92. The van der Waals surface area contributed by atoms with Crippen molar-refractivity contribution in [1.29, 1.82) is 0 Å². The van der Waals surface area contributed by atoms with Crippen LogP contribution in [0.15, 0.2) is 18.2 Å². The normalized spacial score (nSPS) is 28.1. The minimum Gasteiger partial charge on any atom is -0.454 e. The topological polar surface area (TPSA) is 65.1 Å². The van der Waals surface area contributed by atoms with E-state index in [1.54, 1.807) is 18.2 Å². The summed E-state index contributed by atoms with van der Waals surface area (Å²) in [5, 5.41) is 0. The number of fused-ring (bicyclic) bond motifs is 3. The zero-order chi connectivity index (χ0) is 18.5. The van der Waals surface area contributed by atoms with Crippen LogP contribution in [0.4, 0.5) is 0 Å². The van der Waals surface area contributed by atoms with Crippen LogP contribution in [-0.2, 0) is 9.53 Å². The van der Waals surface area contributed by atoms with Gasteiger partial charge in [-0.2, -0.15) is 0 Å². The summed E-state index contributed by atoms with van der Waals surface area (Å²) >= 11 is 0. The second kappa shape index (κ2) is 5.89. The highest BCUT2D eigenvalue weighted by atomic mass is 16.7. The fraction of sp³-hybridized carbons (Fsp3) is 0.600. The van der Waals surface area contributed by atoms with Crippen molar-refractivity contribution in [2.75, 3.05) is 19.9 Å². The van der Waals surface area contributed by atoms with Gasteiger partial charge in [-0.05, 0) is 48.3 Å². The predicted molar refractivity (Wildman–Crippen MR) is 94.1 cm³/mol. The first kappa shape index (κ1) is 17.2. The Kier molecular flexibility index (Phi) is 3.90. The molecule has 0 unspecified atom stereocenters. The Morgan fingerprint density at radius 3 is 2.77 bits per heavy atom. The largest absolute Gasteiger partial charge is 0.454 e. The minimum absolute atomic E-state index is 0.106. The lowest BCUT2D eigenvalue weighted by molar-refractivity contribution is -0.135. The summed E-state index contributed by atoms with van der Waals surface area (Å²) in [5.74, 6) is 0.503. The Balaban J connectivity index is 1.38. The van der Waals surface area contributed by atoms with Gasteiger partial charge in [0.05, 0.1) is 5.56 Å². The fourth-order valence-corrected chi connectivity index (χ4v) is 5.07. The van der Waals surface area contributed by atoms with E-state index in [0.29, 0.717) is 17.1 Å². The van der Waals surface area contributed by atoms with Crippen molar-refractivity contribution < 1.29 is 23.8 Å². The highest BCUT2D eigenvalue weighted by Gasteiger charge is 2.50. The molecule has 0 spiro atoms. The molecule has 1 amide bonds. The second-order valence-electron chi connectivity index (χ2n) is 8.88. The molecule has 2 atom stereocenters. The molecule has 1 aromatic carbocycles. The summed E-state index contributed by atoms with van der Waals surface area (Å²) in [6.45, 7) is 7.47. The Bertz CT molecular complexity index is 759. The van der Waals surface area contributed by atoms with Crippen LogP contribution in [0.2, 0.25) is 0 Å². The monoisotopic (exact) mass is 359 g/mol. The molecule has 1 saturated carbocycles. The molecule has 0 N–H and O–H groups in total. The molecule has 26 heavy (non-hydrogen) atoms. The maximum Gasteiger partial charge on any atom is 0.338 e. The van der Waals surface area contributed by atoms with E-state index in [-0.39, 0.29) is 36.2 Å². The summed E-state index contributed by atoms with van der Waals surface area (Å²) in [6, 6.07) is 5.13. The van der Waals surface area contributed by atoms with Crippen LogP contribution < -0.4 is 9.47 Å². The quantitative estimate of drug-likeness (QED) is 0.776. The number of hydrogen-bond donors (Lipinski definition) is 0. The molecular weight excluding hydrogens is 334 g/mol. The van der Waals surface area contributed by atoms with Crippen LogP contribution in [0.25, 0.3) is 0 Å². The number of hydrogen-bond acceptors (Lipinski definition) is 5. The minimum atomic E-state index is -0.523. The van der Waals surface area contributed by atoms with Gasteiger partial charge >= 0.3 is 5.97 Å². The maximum atomic E-state index is 12.7. The molecule has 140 valence electrons. The highest BCUT2D eigenvalue weighted by Crippen LogP contribution is 2.52. The number of likely N-dealkylation sites (tertiary alicyclic amines) is 1. The lowest BCUT2D eigenvalue weighted by atomic mass is 9.65. The molecule has 0 aromatic heterocycles. The van der Waals surface area contributed by atoms with E-state index >= 15 is 0 Å².